The van der Waals surface area contributed by atoms with Crippen LogP contribution in [0.3, 0.4) is 0 Å². The molecule has 0 saturated heterocycles. The summed E-state index contributed by atoms with van der Waals surface area (Å²) in [5.41, 5.74) is 3.17. The third-order valence-electron chi connectivity index (χ3n) is 4.40. The molecule has 0 aromatic carbocycles. The van der Waals surface area contributed by atoms with Crippen molar-refractivity contribution in [3.8, 4) is 0 Å². The van der Waals surface area contributed by atoms with E-state index in [4.69, 9.17) is 0 Å². The summed E-state index contributed by atoms with van der Waals surface area (Å²) < 4.78 is 0. The highest BCUT2D eigenvalue weighted by atomic mass is 16.3. The monoisotopic (exact) mass is 192 g/mol. The highest BCUT2D eigenvalue weighted by molar-refractivity contribution is 5.38. The summed E-state index contributed by atoms with van der Waals surface area (Å²) in [6.45, 7) is 0. The molecule has 0 heterocycles. The molecule has 0 aromatic heterocycles. The normalized spacial score (nSPS) is 47.4. The Morgan fingerprint density at radius 1 is 0.857 bits per heavy atom. The lowest BCUT2D eigenvalue weighted by atomic mass is 9.91. The first kappa shape index (κ1) is 8.96. The third kappa shape index (κ3) is 1.33. The fraction of sp³-hybridized carbons (Fsp3) is 0.846. The minimum Gasteiger partial charge on any atom is -0.389 e. The molecule has 3 fully saturated rings. The Labute approximate surface area is 86.2 Å². The maximum absolute atomic E-state index is 9.97. The van der Waals surface area contributed by atoms with Crippen LogP contribution in [0, 0.1) is 11.8 Å². The van der Waals surface area contributed by atoms with E-state index >= 15 is 0 Å². The van der Waals surface area contributed by atoms with Crippen LogP contribution in [0.5, 0.6) is 0 Å². The standard InChI is InChI=1S/C13H20O/c14-12-8-4-3-7-11(12)13-9-5-1-2-6-10(9)13/h9-10,12,14H,1-8H2/t9-,10+,12-/m0/s1. The van der Waals surface area contributed by atoms with Gasteiger partial charge in [-0.2, -0.15) is 0 Å². The maximum atomic E-state index is 9.97. The maximum Gasteiger partial charge on any atom is 0.0752 e. The molecule has 0 amide bonds. The summed E-state index contributed by atoms with van der Waals surface area (Å²) in [7, 11) is 0. The summed E-state index contributed by atoms with van der Waals surface area (Å²) in [4.78, 5) is 0. The summed E-state index contributed by atoms with van der Waals surface area (Å²) >= 11 is 0. The van der Waals surface area contributed by atoms with E-state index in [1.54, 1.807) is 5.57 Å². The third-order valence-corrected chi connectivity index (χ3v) is 4.40. The second-order valence-electron chi connectivity index (χ2n) is 5.24. The van der Waals surface area contributed by atoms with Gasteiger partial charge in [-0.25, -0.2) is 0 Å². The largest absolute Gasteiger partial charge is 0.389 e. The Bertz CT molecular complexity index is 252. The predicted octanol–water partition coefficient (Wildman–Crippen LogP) is 3.04. The molecule has 0 radical (unpaired) electrons. The van der Waals surface area contributed by atoms with E-state index in [0.29, 0.717) is 0 Å². The number of fused-ring (bicyclic) bond motifs is 1. The summed E-state index contributed by atoms with van der Waals surface area (Å²) in [6.07, 6.45) is 10.4. The molecule has 3 aliphatic carbocycles. The number of hydrogen-bond acceptors (Lipinski definition) is 1. The van der Waals surface area contributed by atoms with Gasteiger partial charge in [-0.15, -0.1) is 0 Å². The van der Waals surface area contributed by atoms with Crippen molar-refractivity contribution < 1.29 is 5.11 Å². The molecule has 14 heavy (non-hydrogen) atoms. The molecule has 3 rings (SSSR count). The zero-order chi connectivity index (χ0) is 9.54. The molecule has 0 aromatic rings. The minimum absolute atomic E-state index is 0.0654. The van der Waals surface area contributed by atoms with Crippen molar-refractivity contribution in [2.24, 2.45) is 11.8 Å². The molecule has 0 unspecified atom stereocenters. The van der Waals surface area contributed by atoms with Crippen LogP contribution in [0.2, 0.25) is 0 Å². The van der Waals surface area contributed by atoms with Gasteiger partial charge >= 0.3 is 0 Å². The van der Waals surface area contributed by atoms with Gasteiger partial charge in [0.25, 0.3) is 0 Å². The summed E-state index contributed by atoms with van der Waals surface area (Å²) in [5.74, 6) is 1.82. The second kappa shape index (κ2) is 3.37. The SMILES string of the molecule is O[C@H]1CCCCC1=C1[C@H]2CCCC[C@@H]12. The Balaban J connectivity index is 1.82. The van der Waals surface area contributed by atoms with Gasteiger partial charge in [-0.1, -0.05) is 24.8 Å². The predicted molar refractivity (Wildman–Crippen MR) is 56.9 cm³/mol. The average molecular weight is 192 g/mol. The van der Waals surface area contributed by atoms with Crippen molar-refractivity contribution in [3.05, 3.63) is 11.1 Å². The molecule has 1 N–H and O–H groups in total. The highest BCUT2D eigenvalue weighted by Crippen LogP contribution is 2.57. The lowest BCUT2D eigenvalue weighted by Crippen LogP contribution is -2.15. The van der Waals surface area contributed by atoms with Crippen molar-refractivity contribution >= 4 is 0 Å². The van der Waals surface area contributed by atoms with Crippen molar-refractivity contribution in [1.82, 2.24) is 0 Å². The number of aliphatic hydroxyl groups excluding tert-OH is 1. The van der Waals surface area contributed by atoms with Gasteiger partial charge in [-0.05, 0) is 49.5 Å². The van der Waals surface area contributed by atoms with Crippen LogP contribution in [-0.4, -0.2) is 11.2 Å². The van der Waals surface area contributed by atoms with E-state index in [2.05, 4.69) is 0 Å². The van der Waals surface area contributed by atoms with Gasteiger partial charge < -0.3 is 5.11 Å². The van der Waals surface area contributed by atoms with Gasteiger partial charge in [0.15, 0.2) is 0 Å². The molecule has 0 bridgehead atoms. The van der Waals surface area contributed by atoms with Crippen LogP contribution >= 0.6 is 0 Å². The molecule has 78 valence electrons. The van der Waals surface area contributed by atoms with Crippen LogP contribution < -0.4 is 0 Å². The first-order valence-electron chi connectivity index (χ1n) is 6.29. The molecule has 3 aliphatic rings. The molecular weight excluding hydrogens is 172 g/mol. The molecular formula is C13H20O. The quantitative estimate of drug-likeness (QED) is 0.585. The summed E-state index contributed by atoms with van der Waals surface area (Å²) in [5, 5.41) is 9.97. The summed E-state index contributed by atoms with van der Waals surface area (Å²) in [6, 6.07) is 0. The zero-order valence-corrected chi connectivity index (χ0v) is 8.84. The van der Waals surface area contributed by atoms with E-state index < -0.39 is 0 Å². The molecule has 0 spiro atoms. The van der Waals surface area contributed by atoms with Crippen molar-refractivity contribution in [2.45, 2.75) is 57.5 Å². The van der Waals surface area contributed by atoms with Crippen molar-refractivity contribution in [1.29, 1.82) is 0 Å². The van der Waals surface area contributed by atoms with Crippen LogP contribution in [0.4, 0.5) is 0 Å². The van der Waals surface area contributed by atoms with E-state index in [0.717, 1.165) is 18.3 Å². The van der Waals surface area contributed by atoms with Crippen molar-refractivity contribution in [2.75, 3.05) is 0 Å². The van der Waals surface area contributed by atoms with Gasteiger partial charge in [0, 0.05) is 0 Å². The fourth-order valence-corrected chi connectivity index (χ4v) is 3.63. The number of hydrogen-bond donors (Lipinski definition) is 1. The lowest BCUT2D eigenvalue weighted by Gasteiger charge is -2.20. The Hall–Kier alpha value is -0.300. The van der Waals surface area contributed by atoms with E-state index in [9.17, 15) is 5.11 Å². The molecule has 1 nitrogen and oxygen atoms in total. The van der Waals surface area contributed by atoms with Crippen LogP contribution in [-0.2, 0) is 0 Å². The smallest absolute Gasteiger partial charge is 0.0752 e. The second-order valence-corrected chi connectivity index (χ2v) is 5.24. The van der Waals surface area contributed by atoms with Gasteiger partial charge in [0.1, 0.15) is 0 Å². The molecule has 0 aliphatic heterocycles. The van der Waals surface area contributed by atoms with E-state index in [-0.39, 0.29) is 6.10 Å². The van der Waals surface area contributed by atoms with Crippen LogP contribution in [0.1, 0.15) is 51.4 Å². The van der Waals surface area contributed by atoms with Crippen molar-refractivity contribution in [3.63, 3.8) is 0 Å². The topological polar surface area (TPSA) is 20.2 Å². The number of rotatable bonds is 0. The average Bonchev–Trinajstić information content (AvgIpc) is 2.93. The molecule has 3 atom stereocenters. The van der Waals surface area contributed by atoms with Gasteiger partial charge in [0.2, 0.25) is 0 Å². The molecule has 3 saturated carbocycles. The number of aliphatic hydroxyl groups is 1. The first-order valence-corrected chi connectivity index (χ1v) is 6.29. The van der Waals surface area contributed by atoms with Gasteiger partial charge in [-0.3, -0.25) is 0 Å². The van der Waals surface area contributed by atoms with Crippen LogP contribution in [0.25, 0.3) is 0 Å². The molecule has 1 heteroatoms. The lowest BCUT2D eigenvalue weighted by molar-refractivity contribution is 0.177. The Kier molecular flexibility index (Phi) is 2.16. The first-order chi connectivity index (χ1) is 6.88. The van der Waals surface area contributed by atoms with E-state index in [1.165, 1.54) is 50.5 Å². The van der Waals surface area contributed by atoms with E-state index in [1.807, 2.05) is 0 Å². The minimum atomic E-state index is -0.0654. The van der Waals surface area contributed by atoms with Crippen LogP contribution in [0.15, 0.2) is 11.1 Å². The zero-order valence-electron chi connectivity index (χ0n) is 8.84. The fourth-order valence-electron chi connectivity index (χ4n) is 3.63. The van der Waals surface area contributed by atoms with Gasteiger partial charge in [0.05, 0.1) is 6.10 Å². The number of allylic oxidation sites excluding steroid dienone is 1. The Morgan fingerprint density at radius 3 is 2.14 bits per heavy atom. The highest BCUT2D eigenvalue weighted by Gasteiger charge is 2.47. The Morgan fingerprint density at radius 2 is 1.50 bits per heavy atom.